The molecule has 160 valence electrons. The van der Waals surface area contributed by atoms with E-state index in [9.17, 15) is 9.59 Å². The molecule has 0 N–H and O–H groups in total. The summed E-state index contributed by atoms with van der Waals surface area (Å²) in [7, 11) is 3.44. The molecular weight excluding hydrogens is 392 g/mol. The highest BCUT2D eigenvalue weighted by molar-refractivity contribution is 5.92. The zero-order chi connectivity index (χ0) is 21.8. The largest absolute Gasteiger partial charge is 0.497 e. The van der Waals surface area contributed by atoms with Gasteiger partial charge in [0.2, 0.25) is 5.91 Å². The van der Waals surface area contributed by atoms with Gasteiger partial charge in [-0.15, -0.1) is 0 Å². The molecule has 6 heteroatoms. The summed E-state index contributed by atoms with van der Waals surface area (Å²) in [5.74, 6) is 0.372. The third kappa shape index (κ3) is 4.48. The SMILES string of the molecule is COc1cccc([C@@H]2CN(C(=O)c3ccco3)C[C@H]2C(=O)N(C)Cc2ccccc2)c1. The van der Waals surface area contributed by atoms with E-state index in [1.165, 1.54) is 6.26 Å². The van der Waals surface area contributed by atoms with Crippen molar-refractivity contribution < 1.29 is 18.7 Å². The molecule has 2 heterocycles. The lowest BCUT2D eigenvalue weighted by atomic mass is 9.88. The van der Waals surface area contributed by atoms with Gasteiger partial charge in [-0.25, -0.2) is 0 Å². The number of carbonyl (C=O) groups is 2. The van der Waals surface area contributed by atoms with E-state index in [1.807, 2.05) is 61.6 Å². The van der Waals surface area contributed by atoms with Crippen LogP contribution in [0.15, 0.2) is 77.4 Å². The molecule has 1 aliphatic rings. The van der Waals surface area contributed by atoms with Crippen LogP contribution >= 0.6 is 0 Å². The number of rotatable bonds is 6. The molecule has 0 spiro atoms. The van der Waals surface area contributed by atoms with Crippen LogP contribution in [-0.4, -0.2) is 48.9 Å². The lowest BCUT2D eigenvalue weighted by Gasteiger charge is -2.25. The van der Waals surface area contributed by atoms with Crippen LogP contribution < -0.4 is 4.74 Å². The highest BCUT2D eigenvalue weighted by Crippen LogP contribution is 2.36. The molecule has 0 saturated carbocycles. The molecule has 0 unspecified atom stereocenters. The maximum atomic E-state index is 13.5. The fourth-order valence-electron chi connectivity index (χ4n) is 4.20. The topological polar surface area (TPSA) is 63.0 Å². The van der Waals surface area contributed by atoms with Gasteiger partial charge in [0.25, 0.3) is 5.91 Å². The maximum Gasteiger partial charge on any atom is 0.289 e. The number of amides is 2. The third-order valence-electron chi connectivity index (χ3n) is 5.82. The van der Waals surface area contributed by atoms with Crippen molar-refractivity contribution in [1.82, 2.24) is 9.80 Å². The molecule has 1 aliphatic heterocycles. The molecule has 2 atom stereocenters. The lowest BCUT2D eigenvalue weighted by molar-refractivity contribution is -0.134. The maximum absolute atomic E-state index is 13.5. The number of likely N-dealkylation sites (tertiary alicyclic amines) is 1. The number of furan rings is 1. The molecule has 6 nitrogen and oxygen atoms in total. The van der Waals surface area contributed by atoms with Crippen molar-refractivity contribution in [2.75, 3.05) is 27.2 Å². The lowest BCUT2D eigenvalue weighted by Crippen LogP contribution is -2.36. The first-order chi connectivity index (χ1) is 15.1. The smallest absolute Gasteiger partial charge is 0.289 e. The number of benzene rings is 2. The van der Waals surface area contributed by atoms with Gasteiger partial charge in [-0.1, -0.05) is 42.5 Å². The third-order valence-corrected chi connectivity index (χ3v) is 5.82. The van der Waals surface area contributed by atoms with Crippen LogP contribution in [0.3, 0.4) is 0 Å². The van der Waals surface area contributed by atoms with E-state index in [4.69, 9.17) is 9.15 Å². The fourth-order valence-corrected chi connectivity index (χ4v) is 4.20. The van der Waals surface area contributed by atoms with Gasteiger partial charge < -0.3 is 19.0 Å². The van der Waals surface area contributed by atoms with Crippen LogP contribution in [0.2, 0.25) is 0 Å². The normalized spacial score (nSPS) is 18.1. The molecule has 0 aliphatic carbocycles. The Morgan fingerprint density at radius 3 is 2.58 bits per heavy atom. The monoisotopic (exact) mass is 418 g/mol. The minimum Gasteiger partial charge on any atom is -0.497 e. The zero-order valence-corrected chi connectivity index (χ0v) is 17.7. The predicted molar refractivity (Wildman–Crippen MR) is 117 cm³/mol. The molecule has 1 aromatic heterocycles. The Balaban J connectivity index is 1.59. The number of hydrogen-bond donors (Lipinski definition) is 0. The van der Waals surface area contributed by atoms with Crippen LogP contribution in [0.1, 0.15) is 27.6 Å². The Hall–Kier alpha value is -3.54. The molecule has 3 aromatic rings. The summed E-state index contributed by atoms with van der Waals surface area (Å²) in [6.07, 6.45) is 1.49. The number of carbonyl (C=O) groups excluding carboxylic acids is 2. The minimum atomic E-state index is -0.347. The zero-order valence-electron chi connectivity index (χ0n) is 17.7. The summed E-state index contributed by atoms with van der Waals surface area (Å²) < 4.78 is 10.7. The van der Waals surface area contributed by atoms with Crippen molar-refractivity contribution in [1.29, 1.82) is 0 Å². The average Bonchev–Trinajstić information content (AvgIpc) is 3.49. The van der Waals surface area contributed by atoms with E-state index in [1.54, 1.807) is 29.0 Å². The van der Waals surface area contributed by atoms with Gasteiger partial charge in [-0.3, -0.25) is 9.59 Å². The van der Waals surface area contributed by atoms with Crippen molar-refractivity contribution in [2.24, 2.45) is 5.92 Å². The molecule has 1 saturated heterocycles. The Kier molecular flexibility index (Phi) is 6.07. The van der Waals surface area contributed by atoms with Crippen LogP contribution in [0.5, 0.6) is 5.75 Å². The first kappa shape index (κ1) is 20.7. The highest BCUT2D eigenvalue weighted by atomic mass is 16.5. The summed E-state index contributed by atoms with van der Waals surface area (Å²) in [5, 5.41) is 0. The molecule has 31 heavy (non-hydrogen) atoms. The average molecular weight is 418 g/mol. The van der Waals surface area contributed by atoms with Crippen LogP contribution in [0.4, 0.5) is 0 Å². The first-order valence-electron chi connectivity index (χ1n) is 10.3. The minimum absolute atomic E-state index is 0.0198. The summed E-state index contributed by atoms with van der Waals surface area (Å²) in [6.45, 7) is 1.31. The summed E-state index contributed by atoms with van der Waals surface area (Å²) in [5.41, 5.74) is 2.05. The van der Waals surface area contributed by atoms with E-state index in [0.29, 0.717) is 19.6 Å². The second-order valence-electron chi connectivity index (χ2n) is 7.86. The van der Waals surface area contributed by atoms with Gasteiger partial charge in [-0.2, -0.15) is 0 Å². The van der Waals surface area contributed by atoms with Crippen LogP contribution in [-0.2, 0) is 11.3 Å². The predicted octanol–water partition coefficient (Wildman–Crippen LogP) is 3.80. The van der Waals surface area contributed by atoms with Gasteiger partial charge in [0.15, 0.2) is 5.76 Å². The van der Waals surface area contributed by atoms with Crippen molar-refractivity contribution >= 4 is 11.8 Å². The summed E-state index contributed by atoms with van der Waals surface area (Å²) in [6, 6.07) is 21.0. The quantitative estimate of drug-likeness (QED) is 0.611. The second kappa shape index (κ2) is 9.08. The van der Waals surface area contributed by atoms with Gasteiger partial charge in [0, 0.05) is 32.6 Å². The number of methoxy groups -OCH3 is 1. The Morgan fingerprint density at radius 2 is 1.87 bits per heavy atom. The molecule has 0 bridgehead atoms. The molecule has 0 radical (unpaired) electrons. The standard InChI is InChI=1S/C25H26N2O4/c1-26(15-18-8-4-3-5-9-18)24(28)22-17-27(25(29)23-12-7-13-31-23)16-21(22)19-10-6-11-20(14-19)30-2/h3-14,21-22H,15-17H2,1-2H3/t21-,22+/m0/s1. The number of hydrogen-bond acceptors (Lipinski definition) is 4. The van der Waals surface area contributed by atoms with Gasteiger partial charge >= 0.3 is 0 Å². The van der Waals surface area contributed by atoms with Gasteiger partial charge in [-0.05, 0) is 35.4 Å². The molecule has 2 amide bonds. The van der Waals surface area contributed by atoms with Crippen molar-refractivity contribution in [3.8, 4) is 5.75 Å². The highest BCUT2D eigenvalue weighted by Gasteiger charge is 2.42. The summed E-state index contributed by atoms with van der Waals surface area (Å²) >= 11 is 0. The van der Waals surface area contributed by atoms with Crippen LogP contribution in [0.25, 0.3) is 0 Å². The molecule has 2 aromatic carbocycles. The van der Waals surface area contributed by atoms with E-state index in [-0.39, 0.29) is 29.4 Å². The van der Waals surface area contributed by atoms with Crippen molar-refractivity contribution in [2.45, 2.75) is 12.5 Å². The second-order valence-corrected chi connectivity index (χ2v) is 7.86. The summed E-state index contributed by atoms with van der Waals surface area (Å²) in [4.78, 5) is 29.8. The first-order valence-corrected chi connectivity index (χ1v) is 10.3. The van der Waals surface area contributed by atoms with E-state index in [0.717, 1.165) is 16.9 Å². The number of nitrogens with zero attached hydrogens (tertiary/aromatic N) is 2. The molecular formula is C25H26N2O4. The van der Waals surface area contributed by atoms with Crippen LogP contribution in [0, 0.1) is 5.92 Å². The van der Waals surface area contributed by atoms with Crippen molar-refractivity contribution in [3.63, 3.8) is 0 Å². The van der Waals surface area contributed by atoms with Crippen molar-refractivity contribution in [3.05, 3.63) is 89.9 Å². The van der Waals surface area contributed by atoms with E-state index in [2.05, 4.69) is 0 Å². The van der Waals surface area contributed by atoms with Gasteiger partial charge in [0.1, 0.15) is 5.75 Å². The molecule has 1 fully saturated rings. The number of ether oxygens (including phenoxy) is 1. The Labute approximate surface area is 182 Å². The van der Waals surface area contributed by atoms with E-state index < -0.39 is 0 Å². The Bertz CT molecular complexity index is 1030. The van der Waals surface area contributed by atoms with Gasteiger partial charge in [0.05, 0.1) is 19.3 Å². The molecule has 4 rings (SSSR count). The van der Waals surface area contributed by atoms with E-state index >= 15 is 0 Å². The Morgan fingerprint density at radius 1 is 1.06 bits per heavy atom. The fraction of sp³-hybridized carbons (Fsp3) is 0.280.